The van der Waals surface area contributed by atoms with E-state index in [2.05, 4.69) is 30.6 Å². The van der Waals surface area contributed by atoms with E-state index in [1.807, 2.05) is 0 Å². The van der Waals surface area contributed by atoms with Crippen LogP contribution in [0.1, 0.15) is 51.7 Å². The Hall–Kier alpha value is -6.53. The molecule has 1 unspecified atom stereocenters. The normalized spacial score (nSPS) is 12.6. The minimum atomic E-state index is -3.70. The van der Waals surface area contributed by atoms with Gasteiger partial charge in [0.15, 0.2) is 11.2 Å². The average molecular weight is 790 g/mol. The molecule has 2 atom stereocenters. The first kappa shape index (κ1) is 40.7. The van der Waals surface area contributed by atoms with Gasteiger partial charge in [0.1, 0.15) is 23.1 Å². The minimum absolute atomic E-state index is 0.0290. The third-order valence-electron chi connectivity index (χ3n) is 7.72. The summed E-state index contributed by atoms with van der Waals surface area (Å²) in [6.45, 7) is 1.86. The summed E-state index contributed by atoms with van der Waals surface area (Å²) in [5.74, 6) is -3.80. The maximum Gasteiger partial charge on any atom is 0.474 e. The molecule has 0 aliphatic rings. The highest BCUT2D eigenvalue weighted by molar-refractivity contribution is 7.48. The van der Waals surface area contributed by atoms with Crippen molar-refractivity contribution in [3.8, 4) is 11.5 Å². The number of para-hydroxylation sites is 1. The number of anilines is 2. The van der Waals surface area contributed by atoms with Gasteiger partial charge < -0.3 is 35.9 Å². The van der Waals surface area contributed by atoms with Crippen LogP contribution < -0.4 is 31.4 Å². The van der Waals surface area contributed by atoms with Gasteiger partial charge in [0.25, 0.3) is 5.91 Å². The van der Waals surface area contributed by atoms with Crippen LogP contribution in [0.3, 0.4) is 0 Å². The van der Waals surface area contributed by atoms with Crippen molar-refractivity contribution in [3.05, 3.63) is 112 Å². The molecule has 292 valence electrons. The van der Waals surface area contributed by atoms with Crippen molar-refractivity contribution >= 4 is 54.4 Å². The van der Waals surface area contributed by atoms with Crippen molar-refractivity contribution in [2.75, 3.05) is 24.8 Å². The second kappa shape index (κ2) is 18.7. The Kier molecular flexibility index (Phi) is 13.6. The second-order valence-corrected chi connectivity index (χ2v) is 13.4. The smallest absolute Gasteiger partial charge is 0.474 e. The lowest BCUT2D eigenvalue weighted by Gasteiger charge is -2.15. The maximum atomic E-state index is 13.0. The lowest BCUT2D eigenvalue weighted by molar-refractivity contribution is -0.140. The molecule has 0 saturated carbocycles. The Morgan fingerprint density at radius 2 is 1.70 bits per heavy atom. The van der Waals surface area contributed by atoms with Crippen LogP contribution in [0.2, 0.25) is 0 Å². The second-order valence-electron chi connectivity index (χ2n) is 11.6. The summed E-state index contributed by atoms with van der Waals surface area (Å²) in [7, 11) is -2.49. The fourth-order valence-corrected chi connectivity index (χ4v) is 5.83. The number of H-pyrrole nitrogens is 1. The molecule has 0 saturated heterocycles. The van der Waals surface area contributed by atoms with Gasteiger partial charge in [-0.15, -0.1) is 0 Å². The number of aromatic nitrogens is 4. The third-order valence-corrected chi connectivity index (χ3v) is 9.19. The highest BCUT2D eigenvalue weighted by Crippen LogP contribution is 2.49. The standard InChI is InChI=1S/C36H36N7O12P/c1-3-52-56(50,51-2)53-20-21-8-14-25(15-9-21)54-35(49)26-6-4-5-7-28(26)55-29(44)17-16-27(34(47)48)41-32(45)22-10-12-23(13-11-22)38-18-24-19-39-31-30(40-24)33(46)43-36(37)42-31/h4-15,19,27,38H,3,16-18,20H2,1-2H3,(H,41,45)(H,47,48)(H3,37,39,42,43,46)/t27-,56?/m0/s1. The molecule has 2 heterocycles. The van der Waals surface area contributed by atoms with Gasteiger partial charge in [-0.3, -0.25) is 28.0 Å². The summed E-state index contributed by atoms with van der Waals surface area (Å²) >= 11 is 0. The third kappa shape index (κ3) is 11.0. The number of nitrogen functional groups attached to an aromatic ring is 1. The molecule has 20 heteroatoms. The maximum absolute atomic E-state index is 13.0. The molecular weight excluding hydrogens is 753 g/mol. The van der Waals surface area contributed by atoms with Crippen LogP contribution in [-0.2, 0) is 40.9 Å². The number of nitrogens with one attached hydrogen (secondary N) is 3. The summed E-state index contributed by atoms with van der Waals surface area (Å²) in [5, 5.41) is 15.2. The van der Waals surface area contributed by atoms with Crippen molar-refractivity contribution in [2.24, 2.45) is 0 Å². The predicted octanol–water partition coefficient (Wildman–Crippen LogP) is 4.00. The Labute approximate surface area is 318 Å². The first-order valence-corrected chi connectivity index (χ1v) is 18.3. The highest BCUT2D eigenvalue weighted by Gasteiger charge is 2.25. The summed E-state index contributed by atoms with van der Waals surface area (Å²) in [4.78, 5) is 77.4. The number of phosphoric acid groups is 1. The van der Waals surface area contributed by atoms with E-state index < -0.39 is 49.7 Å². The Morgan fingerprint density at radius 1 is 0.964 bits per heavy atom. The van der Waals surface area contributed by atoms with Gasteiger partial charge in [-0.25, -0.2) is 24.1 Å². The number of fused-ring (bicyclic) bond motifs is 1. The Morgan fingerprint density at radius 3 is 2.39 bits per heavy atom. The number of amides is 1. The number of nitrogens with zero attached hydrogens (tertiary/aromatic N) is 3. The van der Waals surface area contributed by atoms with Gasteiger partial charge in [-0.2, -0.15) is 4.98 Å². The molecular formula is C36H36N7O12P. The van der Waals surface area contributed by atoms with Gasteiger partial charge in [0.05, 0.1) is 31.6 Å². The molecule has 0 fully saturated rings. The summed E-state index contributed by atoms with van der Waals surface area (Å²) in [6, 6.07) is 16.6. The van der Waals surface area contributed by atoms with Crippen molar-refractivity contribution in [3.63, 3.8) is 0 Å². The molecule has 5 aromatic rings. The minimum Gasteiger partial charge on any atom is -0.480 e. The predicted molar refractivity (Wildman–Crippen MR) is 199 cm³/mol. The summed E-state index contributed by atoms with van der Waals surface area (Å²) in [6.07, 6.45) is 0.723. The number of hydrogen-bond donors (Lipinski definition) is 5. The largest absolute Gasteiger partial charge is 0.480 e. The van der Waals surface area contributed by atoms with E-state index in [1.165, 1.54) is 61.8 Å². The number of ether oxygens (including phenoxy) is 2. The topological polar surface area (TPSA) is 273 Å². The molecule has 0 spiro atoms. The van der Waals surface area contributed by atoms with Crippen molar-refractivity contribution < 1.29 is 51.9 Å². The van der Waals surface area contributed by atoms with E-state index in [1.54, 1.807) is 31.2 Å². The molecule has 0 aliphatic heterocycles. The molecule has 1 amide bonds. The van der Waals surface area contributed by atoms with E-state index in [0.29, 0.717) is 16.9 Å². The zero-order valence-corrected chi connectivity index (χ0v) is 30.8. The number of carbonyl (C=O) groups excluding carboxylic acids is 3. The van der Waals surface area contributed by atoms with Crippen molar-refractivity contribution in [1.29, 1.82) is 0 Å². The first-order valence-electron chi connectivity index (χ1n) is 16.8. The van der Waals surface area contributed by atoms with Crippen LogP contribution in [0.4, 0.5) is 11.6 Å². The molecule has 0 aliphatic carbocycles. The lowest BCUT2D eigenvalue weighted by atomic mass is 10.1. The fourth-order valence-electron chi connectivity index (χ4n) is 4.92. The van der Waals surface area contributed by atoms with E-state index in [-0.39, 0.29) is 65.9 Å². The SMILES string of the molecule is CCOP(=O)(OC)OCc1ccc(OC(=O)c2ccccc2OC(=O)CC[C@H](NC(=O)c2ccc(NCc3cnc4[nH]c(N)nc(=O)c4n3)cc2)C(=O)O)cc1. The van der Waals surface area contributed by atoms with E-state index in [4.69, 9.17) is 28.8 Å². The fraction of sp³-hybridized carbons (Fsp3) is 0.222. The van der Waals surface area contributed by atoms with Gasteiger partial charge in [-0.05, 0) is 67.4 Å². The van der Waals surface area contributed by atoms with Crippen LogP contribution in [0, 0.1) is 0 Å². The number of phosphoric ester groups is 1. The molecule has 5 rings (SSSR count). The number of aliphatic carboxylic acids is 1. The number of carboxylic acids is 1. The zero-order valence-electron chi connectivity index (χ0n) is 29.9. The number of hydrogen-bond acceptors (Lipinski definition) is 16. The van der Waals surface area contributed by atoms with Gasteiger partial charge in [-0.1, -0.05) is 24.3 Å². The molecule has 56 heavy (non-hydrogen) atoms. The van der Waals surface area contributed by atoms with Gasteiger partial charge in [0.2, 0.25) is 5.95 Å². The number of aromatic amines is 1. The number of esters is 2. The molecule has 19 nitrogen and oxygen atoms in total. The number of nitrogens with two attached hydrogens (primary N) is 1. The number of carboxylic acid groups (broad SMARTS) is 1. The van der Waals surface area contributed by atoms with Crippen LogP contribution in [-0.4, -0.2) is 68.6 Å². The summed E-state index contributed by atoms with van der Waals surface area (Å²) < 4.78 is 38.2. The molecule has 2 aromatic heterocycles. The van der Waals surface area contributed by atoms with Crippen molar-refractivity contribution in [1.82, 2.24) is 25.3 Å². The molecule has 6 N–H and O–H groups in total. The molecule has 3 aromatic carbocycles. The number of benzene rings is 3. The Bertz CT molecular complexity index is 2320. The van der Waals surface area contributed by atoms with E-state index in [9.17, 15) is 33.6 Å². The summed E-state index contributed by atoms with van der Waals surface area (Å²) in [5.41, 5.74) is 6.84. The monoisotopic (exact) mass is 789 g/mol. The highest BCUT2D eigenvalue weighted by atomic mass is 31.2. The van der Waals surface area contributed by atoms with Crippen molar-refractivity contribution in [2.45, 2.75) is 39.0 Å². The quantitative estimate of drug-likeness (QED) is 0.0477. The number of carbonyl (C=O) groups is 4. The Balaban J connectivity index is 1.11. The molecule has 0 bridgehead atoms. The van der Waals surface area contributed by atoms with Gasteiger partial charge >= 0.3 is 31.3 Å². The van der Waals surface area contributed by atoms with Gasteiger partial charge in [0, 0.05) is 24.8 Å². The first-order chi connectivity index (χ1) is 26.9. The van der Waals surface area contributed by atoms with Crippen LogP contribution in [0.15, 0.2) is 83.8 Å². The van der Waals surface area contributed by atoms with E-state index >= 15 is 0 Å². The van der Waals surface area contributed by atoms with Crippen LogP contribution in [0.25, 0.3) is 11.2 Å². The molecule has 0 radical (unpaired) electrons. The van der Waals surface area contributed by atoms with Crippen LogP contribution in [0.5, 0.6) is 11.5 Å². The number of rotatable bonds is 18. The zero-order chi connectivity index (χ0) is 40.2. The van der Waals surface area contributed by atoms with Crippen LogP contribution >= 0.6 is 7.82 Å². The lowest BCUT2D eigenvalue weighted by Crippen LogP contribution is -2.41. The van der Waals surface area contributed by atoms with E-state index in [0.717, 1.165) is 0 Å². The average Bonchev–Trinajstić information content (AvgIpc) is 3.18.